The lowest BCUT2D eigenvalue weighted by Gasteiger charge is -2.12. The van der Waals surface area contributed by atoms with Crippen LogP contribution < -0.4 is 5.32 Å². The van der Waals surface area contributed by atoms with E-state index in [4.69, 9.17) is 0 Å². The quantitative estimate of drug-likeness (QED) is 0.771. The molecule has 3 nitrogen and oxygen atoms in total. The lowest BCUT2D eigenvalue weighted by Crippen LogP contribution is -2.05. The Labute approximate surface area is 122 Å². The summed E-state index contributed by atoms with van der Waals surface area (Å²) in [5.74, 6) is 0.776. The van der Waals surface area contributed by atoms with Crippen LogP contribution in [0.5, 0.6) is 0 Å². The van der Waals surface area contributed by atoms with Gasteiger partial charge in [0, 0.05) is 17.1 Å². The van der Waals surface area contributed by atoms with E-state index >= 15 is 0 Å². The molecule has 3 aromatic rings. The normalized spacial score (nSPS) is 12.1. The Balaban J connectivity index is 1.75. The van der Waals surface area contributed by atoms with E-state index in [9.17, 15) is 0 Å². The zero-order valence-corrected chi connectivity index (χ0v) is 12.0. The summed E-state index contributed by atoms with van der Waals surface area (Å²) in [4.78, 5) is 4.54. The van der Waals surface area contributed by atoms with E-state index in [1.54, 1.807) is 0 Å². The first kappa shape index (κ1) is 12.8. The van der Waals surface area contributed by atoms with Gasteiger partial charge < -0.3 is 5.32 Å². The van der Waals surface area contributed by atoms with Gasteiger partial charge in [-0.2, -0.15) is 9.36 Å². The molecule has 3 rings (SSSR count). The molecule has 0 aliphatic carbocycles. The summed E-state index contributed by atoms with van der Waals surface area (Å²) in [6.07, 6.45) is 0. The summed E-state index contributed by atoms with van der Waals surface area (Å²) in [6, 6.07) is 20.6. The number of nitrogens with zero attached hydrogens (tertiary/aromatic N) is 2. The van der Waals surface area contributed by atoms with E-state index in [0.29, 0.717) is 0 Å². The van der Waals surface area contributed by atoms with Gasteiger partial charge in [0.2, 0.25) is 5.13 Å². The van der Waals surface area contributed by atoms with Crippen molar-refractivity contribution in [3.63, 3.8) is 0 Å². The van der Waals surface area contributed by atoms with Gasteiger partial charge in [0.25, 0.3) is 0 Å². The molecule has 0 amide bonds. The van der Waals surface area contributed by atoms with Crippen molar-refractivity contribution in [1.82, 2.24) is 9.36 Å². The summed E-state index contributed by atoms with van der Waals surface area (Å²) >= 11 is 1.40. The number of anilines is 1. The van der Waals surface area contributed by atoms with Gasteiger partial charge in [-0.05, 0) is 12.5 Å². The van der Waals surface area contributed by atoms with E-state index in [2.05, 4.69) is 33.7 Å². The van der Waals surface area contributed by atoms with Crippen LogP contribution in [0.15, 0.2) is 60.7 Å². The van der Waals surface area contributed by atoms with Gasteiger partial charge in [0.05, 0.1) is 6.04 Å². The van der Waals surface area contributed by atoms with Crippen LogP contribution in [0, 0.1) is 0 Å². The molecule has 0 fully saturated rings. The monoisotopic (exact) mass is 281 g/mol. The number of hydrogen-bond donors (Lipinski definition) is 1. The van der Waals surface area contributed by atoms with Crippen molar-refractivity contribution in [3.05, 3.63) is 66.2 Å². The van der Waals surface area contributed by atoms with Crippen molar-refractivity contribution in [2.45, 2.75) is 13.0 Å². The van der Waals surface area contributed by atoms with Gasteiger partial charge in [-0.3, -0.25) is 0 Å². The zero-order chi connectivity index (χ0) is 13.8. The molecular formula is C16H15N3S. The van der Waals surface area contributed by atoms with Crippen molar-refractivity contribution in [2.75, 3.05) is 5.32 Å². The Hall–Kier alpha value is -2.20. The summed E-state index contributed by atoms with van der Waals surface area (Å²) in [5.41, 5.74) is 2.29. The van der Waals surface area contributed by atoms with Crippen LogP contribution in [-0.4, -0.2) is 9.36 Å². The molecule has 1 aromatic heterocycles. The first-order valence-corrected chi connectivity index (χ1v) is 7.31. The van der Waals surface area contributed by atoms with Crippen molar-refractivity contribution in [3.8, 4) is 11.4 Å². The van der Waals surface area contributed by atoms with Crippen LogP contribution in [-0.2, 0) is 0 Å². The molecule has 0 aliphatic heterocycles. The highest BCUT2D eigenvalue weighted by Gasteiger charge is 2.09. The third-order valence-electron chi connectivity index (χ3n) is 3.10. The average Bonchev–Trinajstić information content (AvgIpc) is 2.97. The van der Waals surface area contributed by atoms with Crippen molar-refractivity contribution in [2.24, 2.45) is 0 Å². The molecule has 1 atom stereocenters. The molecule has 0 saturated heterocycles. The van der Waals surface area contributed by atoms with Crippen LogP contribution in [0.4, 0.5) is 5.13 Å². The first-order chi connectivity index (χ1) is 9.83. The van der Waals surface area contributed by atoms with Crippen molar-refractivity contribution >= 4 is 16.7 Å². The van der Waals surface area contributed by atoms with Gasteiger partial charge in [0.15, 0.2) is 5.82 Å². The van der Waals surface area contributed by atoms with E-state index in [-0.39, 0.29) is 6.04 Å². The second-order valence-corrected chi connectivity index (χ2v) is 5.32. The van der Waals surface area contributed by atoms with E-state index < -0.39 is 0 Å². The summed E-state index contributed by atoms with van der Waals surface area (Å²) in [7, 11) is 0. The van der Waals surface area contributed by atoms with Crippen LogP contribution in [0.1, 0.15) is 18.5 Å². The second kappa shape index (κ2) is 5.84. The molecule has 100 valence electrons. The minimum atomic E-state index is 0.216. The highest BCUT2D eigenvalue weighted by Crippen LogP contribution is 2.24. The standard InChI is InChI=1S/C16H15N3S/c1-12(13-8-4-2-5-9-13)17-16-18-15(19-20-16)14-10-6-3-7-11-14/h2-12H,1H3,(H,17,18,19)/t12-/m1/s1. The molecule has 1 heterocycles. The molecule has 0 unspecified atom stereocenters. The smallest absolute Gasteiger partial charge is 0.203 e. The molecule has 20 heavy (non-hydrogen) atoms. The van der Waals surface area contributed by atoms with Crippen LogP contribution in [0.25, 0.3) is 11.4 Å². The average molecular weight is 281 g/mol. The first-order valence-electron chi connectivity index (χ1n) is 6.53. The third kappa shape index (κ3) is 2.86. The molecule has 0 bridgehead atoms. The number of aromatic nitrogens is 2. The second-order valence-electron chi connectivity index (χ2n) is 4.57. The summed E-state index contributed by atoms with van der Waals surface area (Å²) in [6.45, 7) is 2.12. The highest BCUT2D eigenvalue weighted by atomic mass is 32.1. The molecule has 0 saturated carbocycles. The minimum absolute atomic E-state index is 0.216. The summed E-state index contributed by atoms with van der Waals surface area (Å²) in [5, 5.41) is 4.24. The predicted octanol–water partition coefficient (Wildman–Crippen LogP) is 4.38. The van der Waals surface area contributed by atoms with Crippen LogP contribution in [0.2, 0.25) is 0 Å². The molecule has 0 spiro atoms. The maximum absolute atomic E-state index is 4.54. The van der Waals surface area contributed by atoms with E-state index in [1.165, 1.54) is 17.1 Å². The molecule has 2 aromatic carbocycles. The van der Waals surface area contributed by atoms with Crippen molar-refractivity contribution in [1.29, 1.82) is 0 Å². The molecule has 1 N–H and O–H groups in total. The zero-order valence-electron chi connectivity index (χ0n) is 11.2. The molecular weight excluding hydrogens is 266 g/mol. The fourth-order valence-electron chi connectivity index (χ4n) is 2.00. The van der Waals surface area contributed by atoms with Gasteiger partial charge >= 0.3 is 0 Å². The van der Waals surface area contributed by atoms with Crippen LogP contribution in [0.3, 0.4) is 0 Å². The maximum atomic E-state index is 4.54. The SMILES string of the molecule is C[C@@H](Nc1nc(-c2ccccc2)ns1)c1ccccc1. The Bertz CT molecular complexity index is 664. The largest absolute Gasteiger partial charge is 0.354 e. The van der Waals surface area contributed by atoms with E-state index in [1.807, 2.05) is 48.5 Å². The highest BCUT2D eigenvalue weighted by molar-refractivity contribution is 7.09. The Morgan fingerprint density at radius 1 is 0.950 bits per heavy atom. The number of benzene rings is 2. The van der Waals surface area contributed by atoms with Gasteiger partial charge in [-0.15, -0.1) is 0 Å². The maximum Gasteiger partial charge on any atom is 0.203 e. The Kier molecular flexibility index (Phi) is 3.74. The minimum Gasteiger partial charge on any atom is -0.354 e. The summed E-state index contributed by atoms with van der Waals surface area (Å²) < 4.78 is 4.40. The molecule has 4 heteroatoms. The number of rotatable bonds is 4. The van der Waals surface area contributed by atoms with E-state index in [0.717, 1.165) is 16.5 Å². The topological polar surface area (TPSA) is 37.8 Å². The Morgan fingerprint density at radius 3 is 2.30 bits per heavy atom. The molecule has 0 aliphatic rings. The lowest BCUT2D eigenvalue weighted by molar-refractivity contribution is 0.882. The predicted molar refractivity (Wildman–Crippen MR) is 83.8 cm³/mol. The lowest BCUT2D eigenvalue weighted by atomic mass is 10.1. The molecule has 0 radical (unpaired) electrons. The van der Waals surface area contributed by atoms with Gasteiger partial charge in [-0.1, -0.05) is 60.7 Å². The van der Waals surface area contributed by atoms with Crippen molar-refractivity contribution < 1.29 is 0 Å². The fourth-order valence-corrected chi connectivity index (χ4v) is 2.67. The third-order valence-corrected chi connectivity index (χ3v) is 3.74. The van der Waals surface area contributed by atoms with Crippen LogP contribution >= 0.6 is 11.5 Å². The Morgan fingerprint density at radius 2 is 1.60 bits per heavy atom. The van der Waals surface area contributed by atoms with Gasteiger partial charge in [0.1, 0.15) is 0 Å². The van der Waals surface area contributed by atoms with Gasteiger partial charge in [-0.25, -0.2) is 0 Å². The fraction of sp³-hybridized carbons (Fsp3) is 0.125. The number of nitrogens with one attached hydrogen (secondary N) is 1. The number of hydrogen-bond acceptors (Lipinski definition) is 4.